The van der Waals surface area contributed by atoms with Gasteiger partial charge in [-0.25, -0.2) is 4.98 Å². The summed E-state index contributed by atoms with van der Waals surface area (Å²) in [6.45, 7) is 3.34. The average Bonchev–Trinajstić information content (AvgIpc) is 2.84. The van der Waals surface area contributed by atoms with E-state index in [4.69, 9.17) is 4.74 Å². The summed E-state index contributed by atoms with van der Waals surface area (Å²) in [5, 5.41) is 10.8. The number of hydrogen-bond acceptors (Lipinski definition) is 8. The van der Waals surface area contributed by atoms with E-state index in [9.17, 15) is 19.7 Å². The fraction of sp³-hybridized carbons (Fsp3) is 0.429. The smallest absolute Gasteiger partial charge is 0.274 e. The van der Waals surface area contributed by atoms with E-state index in [1.54, 1.807) is 29.0 Å². The number of piperazine rings is 1. The molecule has 0 unspecified atom stereocenters. The van der Waals surface area contributed by atoms with Crippen molar-refractivity contribution in [2.24, 2.45) is 0 Å². The molecule has 3 rings (SSSR count). The van der Waals surface area contributed by atoms with Gasteiger partial charge in [0.25, 0.3) is 11.6 Å². The zero-order chi connectivity index (χ0) is 22.9. The van der Waals surface area contributed by atoms with Gasteiger partial charge in [0, 0.05) is 83.0 Å². The summed E-state index contributed by atoms with van der Waals surface area (Å²) >= 11 is 0. The molecule has 0 aliphatic carbocycles. The second-order valence-corrected chi connectivity index (χ2v) is 7.27. The first kappa shape index (κ1) is 23.1. The maximum Gasteiger partial charge on any atom is 0.274 e. The number of nitro groups is 1. The normalized spacial score (nSPS) is 13.7. The molecule has 32 heavy (non-hydrogen) atoms. The number of amides is 2. The van der Waals surface area contributed by atoms with E-state index in [0.717, 1.165) is 5.69 Å². The Bertz CT molecular complexity index is 916. The van der Waals surface area contributed by atoms with Crippen molar-refractivity contribution >= 4 is 23.2 Å². The Balaban J connectivity index is 1.51. The summed E-state index contributed by atoms with van der Waals surface area (Å²) in [5.74, 6) is -0.311. The number of nitro benzene ring substituents is 1. The summed E-state index contributed by atoms with van der Waals surface area (Å²) in [7, 11) is 1.56. The molecule has 0 radical (unpaired) electrons. The maximum absolute atomic E-state index is 12.7. The van der Waals surface area contributed by atoms with Gasteiger partial charge in [-0.1, -0.05) is 0 Å². The van der Waals surface area contributed by atoms with Crippen molar-refractivity contribution in [3.05, 3.63) is 58.7 Å². The van der Waals surface area contributed by atoms with Crippen LogP contribution >= 0.6 is 0 Å². The highest BCUT2D eigenvalue weighted by atomic mass is 16.6. The number of ether oxygens (including phenoxy) is 1. The van der Waals surface area contributed by atoms with Gasteiger partial charge >= 0.3 is 0 Å². The van der Waals surface area contributed by atoms with Crippen LogP contribution in [0.1, 0.15) is 16.9 Å². The van der Waals surface area contributed by atoms with Gasteiger partial charge in [-0.15, -0.1) is 0 Å². The molecule has 1 aliphatic heterocycles. The van der Waals surface area contributed by atoms with Crippen molar-refractivity contribution < 1.29 is 19.2 Å². The van der Waals surface area contributed by atoms with Crippen molar-refractivity contribution in [1.82, 2.24) is 19.8 Å². The number of carbonyl (C=O) groups excluding carboxylic acids is 2. The molecule has 11 nitrogen and oxygen atoms in total. The van der Waals surface area contributed by atoms with Crippen molar-refractivity contribution in [3.8, 4) is 0 Å². The molecule has 0 N–H and O–H groups in total. The summed E-state index contributed by atoms with van der Waals surface area (Å²) in [4.78, 5) is 49.2. The highest BCUT2D eigenvalue weighted by Crippen LogP contribution is 2.20. The minimum absolute atomic E-state index is 0.0253. The van der Waals surface area contributed by atoms with Gasteiger partial charge in [0.2, 0.25) is 5.91 Å². The largest absolute Gasteiger partial charge is 0.383 e. The fourth-order valence-corrected chi connectivity index (χ4v) is 3.48. The van der Waals surface area contributed by atoms with Crippen LogP contribution in [0.25, 0.3) is 0 Å². The van der Waals surface area contributed by atoms with E-state index in [1.807, 2.05) is 0 Å². The number of hydrogen-bond donors (Lipinski definition) is 0. The molecular formula is C21H26N6O5. The first-order valence-corrected chi connectivity index (χ1v) is 10.3. The predicted molar refractivity (Wildman–Crippen MR) is 116 cm³/mol. The SMILES string of the molecule is COCCN(CCC(=O)N1CCN(c2ccc([N+](=O)[O-])cc2)CC1)C(=O)c1cnccn1. The van der Waals surface area contributed by atoms with E-state index in [1.165, 1.54) is 30.7 Å². The lowest BCUT2D eigenvalue weighted by molar-refractivity contribution is -0.384. The Morgan fingerprint density at radius 1 is 1.12 bits per heavy atom. The molecule has 1 aromatic carbocycles. The van der Waals surface area contributed by atoms with Crippen LogP contribution in [0, 0.1) is 10.1 Å². The molecule has 2 amide bonds. The van der Waals surface area contributed by atoms with Gasteiger partial charge < -0.3 is 19.4 Å². The van der Waals surface area contributed by atoms with Gasteiger partial charge in [0.05, 0.1) is 17.7 Å². The number of methoxy groups -OCH3 is 1. The monoisotopic (exact) mass is 442 g/mol. The summed E-state index contributed by atoms with van der Waals surface area (Å²) in [6.07, 6.45) is 4.56. The minimum Gasteiger partial charge on any atom is -0.383 e. The molecule has 1 saturated heterocycles. The second kappa shape index (κ2) is 11.1. The molecule has 11 heteroatoms. The molecular weight excluding hydrogens is 416 g/mol. The fourth-order valence-electron chi connectivity index (χ4n) is 3.48. The van der Waals surface area contributed by atoms with Crippen LogP contribution in [-0.4, -0.2) is 89.5 Å². The standard InChI is InChI=1S/C21H26N6O5/c1-32-15-14-26(21(29)19-16-22-7-8-23-19)9-6-20(28)25-12-10-24(11-13-25)17-2-4-18(5-3-17)27(30)31/h2-5,7-8,16H,6,9-15H2,1H3. The highest BCUT2D eigenvalue weighted by Gasteiger charge is 2.24. The minimum atomic E-state index is -0.425. The highest BCUT2D eigenvalue weighted by molar-refractivity contribution is 5.92. The molecule has 0 saturated carbocycles. The van der Waals surface area contributed by atoms with E-state index in [2.05, 4.69) is 14.9 Å². The van der Waals surface area contributed by atoms with Gasteiger partial charge in [-0.05, 0) is 12.1 Å². The van der Waals surface area contributed by atoms with Crippen LogP contribution in [0.15, 0.2) is 42.9 Å². The Morgan fingerprint density at radius 3 is 2.44 bits per heavy atom. The molecule has 2 aromatic rings. The molecule has 0 atom stereocenters. The Labute approximate surface area is 185 Å². The Morgan fingerprint density at radius 2 is 1.84 bits per heavy atom. The number of non-ortho nitro benzene ring substituents is 1. The van der Waals surface area contributed by atoms with Crippen molar-refractivity contribution in [2.75, 3.05) is 57.9 Å². The van der Waals surface area contributed by atoms with Crippen molar-refractivity contribution in [3.63, 3.8) is 0 Å². The van der Waals surface area contributed by atoms with Gasteiger partial charge in [-0.3, -0.25) is 24.7 Å². The van der Waals surface area contributed by atoms with Crippen LogP contribution in [0.5, 0.6) is 0 Å². The number of anilines is 1. The van der Waals surface area contributed by atoms with Gasteiger partial charge in [0.15, 0.2) is 0 Å². The topological polar surface area (TPSA) is 122 Å². The van der Waals surface area contributed by atoms with E-state index >= 15 is 0 Å². The average molecular weight is 442 g/mol. The molecule has 0 spiro atoms. The first-order chi connectivity index (χ1) is 15.5. The zero-order valence-corrected chi connectivity index (χ0v) is 17.9. The lowest BCUT2D eigenvalue weighted by Crippen LogP contribution is -2.49. The molecule has 1 fully saturated rings. The van der Waals surface area contributed by atoms with E-state index < -0.39 is 4.92 Å². The lowest BCUT2D eigenvalue weighted by atomic mass is 10.2. The zero-order valence-electron chi connectivity index (χ0n) is 17.9. The summed E-state index contributed by atoms with van der Waals surface area (Å²) in [5.41, 5.74) is 1.17. The molecule has 1 aliphatic rings. The van der Waals surface area contributed by atoms with Crippen LogP contribution in [0.4, 0.5) is 11.4 Å². The van der Waals surface area contributed by atoms with Crippen LogP contribution in [0.3, 0.4) is 0 Å². The number of carbonyl (C=O) groups is 2. The summed E-state index contributed by atoms with van der Waals surface area (Å²) < 4.78 is 5.09. The predicted octanol–water partition coefficient (Wildman–Crippen LogP) is 1.21. The van der Waals surface area contributed by atoms with Crippen molar-refractivity contribution in [1.29, 1.82) is 0 Å². The second-order valence-electron chi connectivity index (χ2n) is 7.27. The molecule has 0 bridgehead atoms. The third-order valence-corrected chi connectivity index (χ3v) is 5.29. The van der Waals surface area contributed by atoms with Crippen LogP contribution in [0.2, 0.25) is 0 Å². The number of nitrogens with zero attached hydrogens (tertiary/aromatic N) is 6. The van der Waals surface area contributed by atoms with Gasteiger partial charge in [-0.2, -0.15) is 0 Å². The van der Waals surface area contributed by atoms with Gasteiger partial charge in [0.1, 0.15) is 5.69 Å². The first-order valence-electron chi connectivity index (χ1n) is 10.3. The third kappa shape index (κ3) is 5.97. The molecule has 170 valence electrons. The van der Waals surface area contributed by atoms with E-state index in [0.29, 0.717) is 39.3 Å². The number of rotatable bonds is 9. The summed E-state index contributed by atoms with van der Waals surface area (Å²) in [6, 6.07) is 6.41. The number of benzene rings is 1. The van der Waals surface area contributed by atoms with Crippen LogP contribution < -0.4 is 4.90 Å². The quantitative estimate of drug-likeness (QED) is 0.420. The Kier molecular flexibility index (Phi) is 8.03. The molecule has 2 heterocycles. The Hall–Kier alpha value is -3.60. The maximum atomic E-state index is 12.7. The molecule has 1 aromatic heterocycles. The van der Waals surface area contributed by atoms with E-state index in [-0.39, 0.29) is 36.2 Å². The lowest BCUT2D eigenvalue weighted by Gasteiger charge is -2.36. The van der Waals surface area contributed by atoms with Crippen molar-refractivity contribution in [2.45, 2.75) is 6.42 Å². The number of aromatic nitrogens is 2. The third-order valence-electron chi connectivity index (χ3n) is 5.29. The van der Waals surface area contributed by atoms with Crippen LogP contribution in [-0.2, 0) is 9.53 Å².